The zero-order valence-corrected chi connectivity index (χ0v) is 20.1. The first-order valence-corrected chi connectivity index (χ1v) is 11.1. The molecule has 0 aliphatic heterocycles. The molecule has 0 unspecified atom stereocenters. The van der Waals surface area contributed by atoms with E-state index in [9.17, 15) is 4.79 Å². The lowest BCUT2D eigenvalue weighted by atomic mass is 10.0. The molecule has 31 heavy (non-hydrogen) atoms. The van der Waals surface area contributed by atoms with Crippen LogP contribution in [0.25, 0.3) is 10.8 Å². The van der Waals surface area contributed by atoms with Crippen LogP contribution < -0.4 is 16.0 Å². The summed E-state index contributed by atoms with van der Waals surface area (Å²) in [7, 11) is 0. The quantitative estimate of drug-likeness (QED) is 0.238. The van der Waals surface area contributed by atoms with Crippen LogP contribution in [0.2, 0.25) is 0 Å². The molecule has 1 amide bonds. The molecule has 0 saturated carbocycles. The van der Waals surface area contributed by atoms with Gasteiger partial charge >= 0.3 is 0 Å². The molecule has 0 saturated heterocycles. The van der Waals surface area contributed by atoms with Gasteiger partial charge in [-0.25, -0.2) is 0 Å². The Kier molecular flexibility index (Phi) is 7.65. The Morgan fingerprint density at radius 3 is 2.45 bits per heavy atom. The zero-order chi connectivity index (χ0) is 22.6. The average Bonchev–Trinajstić information content (AvgIpc) is 2.70. The monoisotopic (exact) mass is 493 g/mol. The minimum Gasteiger partial charge on any atom is -0.339 e. The third-order valence-electron chi connectivity index (χ3n) is 4.78. The van der Waals surface area contributed by atoms with Crippen LogP contribution in [0.1, 0.15) is 16.7 Å². The van der Waals surface area contributed by atoms with Crippen molar-refractivity contribution in [1.29, 1.82) is 0 Å². The Bertz CT molecular complexity index is 1110. The molecular formula is C23H22Cl3N3OS. The van der Waals surface area contributed by atoms with E-state index in [1.807, 2.05) is 74.5 Å². The van der Waals surface area contributed by atoms with Crippen molar-refractivity contribution in [3.63, 3.8) is 0 Å². The van der Waals surface area contributed by atoms with E-state index in [4.69, 9.17) is 47.0 Å². The standard InChI is InChI=1S/C23H22Cl3N3OS/c1-14-10-11-15(2)19(12-14)27-22(31)29-21(23(24,25)26)28-20(30)13-17-8-5-7-16-6-3-4-9-18(16)17/h3-12,21H,13H2,1-2H3,(H,28,30)(H2,27,29,31)/t21-/m0/s1. The normalized spacial score (nSPS) is 12.3. The minimum atomic E-state index is -1.82. The minimum absolute atomic E-state index is 0.136. The molecule has 162 valence electrons. The smallest absolute Gasteiger partial charge is 0.228 e. The van der Waals surface area contributed by atoms with E-state index in [1.54, 1.807) is 0 Å². The maximum atomic E-state index is 12.8. The van der Waals surface area contributed by atoms with Gasteiger partial charge < -0.3 is 16.0 Å². The lowest BCUT2D eigenvalue weighted by Crippen LogP contribution is -2.56. The molecule has 0 aliphatic rings. The number of anilines is 1. The number of fused-ring (bicyclic) bond motifs is 1. The van der Waals surface area contributed by atoms with Gasteiger partial charge in [0.25, 0.3) is 0 Å². The largest absolute Gasteiger partial charge is 0.339 e. The average molecular weight is 495 g/mol. The molecule has 3 aromatic carbocycles. The van der Waals surface area contributed by atoms with Crippen molar-refractivity contribution in [2.75, 3.05) is 5.32 Å². The fourth-order valence-corrected chi connectivity index (χ4v) is 3.75. The van der Waals surface area contributed by atoms with E-state index in [2.05, 4.69) is 16.0 Å². The van der Waals surface area contributed by atoms with E-state index in [-0.39, 0.29) is 17.4 Å². The predicted molar refractivity (Wildman–Crippen MR) is 135 cm³/mol. The molecule has 0 spiro atoms. The Hall–Kier alpha value is -2.05. The van der Waals surface area contributed by atoms with Gasteiger partial charge in [0.2, 0.25) is 9.70 Å². The highest BCUT2D eigenvalue weighted by Crippen LogP contribution is 2.29. The zero-order valence-electron chi connectivity index (χ0n) is 17.0. The van der Waals surface area contributed by atoms with Crippen LogP contribution in [0.15, 0.2) is 60.7 Å². The first kappa shape index (κ1) is 23.6. The van der Waals surface area contributed by atoms with Crippen LogP contribution in [0.5, 0.6) is 0 Å². The second-order valence-corrected chi connectivity index (χ2v) is 10.1. The third kappa shape index (κ3) is 6.47. The SMILES string of the molecule is Cc1ccc(C)c(NC(=S)N[C@H](NC(=O)Cc2cccc3ccccc23)C(Cl)(Cl)Cl)c1. The molecule has 0 radical (unpaired) electrons. The topological polar surface area (TPSA) is 53.2 Å². The summed E-state index contributed by atoms with van der Waals surface area (Å²) in [6.07, 6.45) is -0.887. The van der Waals surface area contributed by atoms with Crippen molar-refractivity contribution in [3.05, 3.63) is 77.4 Å². The van der Waals surface area contributed by atoms with Crippen molar-refractivity contribution in [2.24, 2.45) is 0 Å². The third-order valence-corrected chi connectivity index (χ3v) is 5.65. The number of halogens is 3. The number of carbonyl (C=O) groups is 1. The van der Waals surface area contributed by atoms with Gasteiger partial charge in [-0.2, -0.15) is 0 Å². The van der Waals surface area contributed by atoms with Crippen molar-refractivity contribution < 1.29 is 4.79 Å². The predicted octanol–water partition coefficient (Wildman–Crippen LogP) is 5.80. The lowest BCUT2D eigenvalue weighted by molar-refractivity contribution is -0.121. The summed E-state index contributed by atoms with van der Waals surface area (Å²) >= 11 is 23.7. The van der Waals surface area contributed by atoms with E-state index in [1.165, 1.54) is 0 Å². The Morgan fingerprint density at radius 1 is 1.00 bits per heavy atom. The molecule has 3 aromatic rings. The number of thiocarbonyl (C=S) groups is 1. The molecule has 3 N–H and O–H groups in total. The number of aryl methyl sites for hydroxylation is 2. The molecule has 3 rings (SSSR count). The summed E-state index contributed by atoms with van der Waals surface area (Å²) in [5, 5.41) is 11.0. The number of amides is 1. The highest BCUT2D eigenvalue weighted by Gasteiger charge is 2.34. The van der Waals surface area contributed by atoms with Crippen molar-refractivity contribution in [2.45, 2.75) is 30.2 Å². The Morgan fingerprint density at radius 2 is 1.71 bits per heavy atom. The van der Waals surface area contributed by atoms with Crippen LogP contribution in [0.4, 0.5) is 5.69 Å². The molecule has 0 bridgehead atoms. The van der Waals surface area contributed by atoms with Crippen LogP contribution in [0.3, 0.4) is 0 Å². The summed E-state index contributed by atoms with van der Waals surface area (Å²) in [6.45, 7) is 3.95. The summed E-state index contributed by atoms with van der Waals surface area (Å²) in [6, 6.07) is 19.7. The van der Waals surface area contributed by atoms with Gasteiger partial charge in [-0.1, -0.05) is 89.4 Å². The Balaban J connectivity index is 1.70. The highest BCUT2D eigenvalue weighted by molar-refractivity contribution is 7.80. The van der Waals surface area contributed by atoms with Gasteiger partial charge in [0.15, 0.2) is 5.11 Å². The van der Waals surface area contributed by atoms with Gasteiger partial charge in [0, 0.05) is 5.69 Å². The lowest BCUT2D eigenvalue weighted by Gasteiger charge is -2.28. The van der Waals surface area contributed by atoms with Crippen LogP contribution in [0, 0.1) is 13.8 Å². The summed E-state index contributed by atoms with van der Waals surface area (Å²) in [5.41, 5.74) is 3.81. The second-order valence-electron chi connectivity index (χ2n) is 7.27. The fourth-order valence-electron chi connectivity index (χ4n) is 3.19. The van der Waals surface area contributed by atoms with Crippen LogP contribution >= 0.6 is 47.0 Å². The number of hydrogen-bond donors (Lipinski definition) is 3. The summed E-state index contributed by atoms with van der Waals surface area (Å²) in [4.78, 5) is 12.8. The van der Waals surface area contributed by atoms with Crippen LogP contribution in [-0.2, 0) is 11.2 Å². The van der Waals surface area contributed by atoms with E-state index >= 15 is 0 Å². The van der Waals surface area contributed by atoms with E-state index in [0.717, 1.165) is 33.2 Å². The molecule has 0 heterocycles. The van der Waals surface area contributed by atoms with Gasteiger partial charge in [-0.05, 0) is 59.6 Å². The van der Waals surface area contributed by atoms with Crippen molar-refractivity contribution >= 4 is 74.5 Å². The van der Waals surface area contributed by atoms with Gasteiger partial charge in [0.05, 0.1) is 6.42 Å². The van der Waals surface area contributed by atoms with Gasteiger partial charge in [-0.3, -0.25) is 4.79 Å². The number of alkyl halides is 3. The maximum absolute atomic E-state index is 12.8. The highest BCUT2D eigenvalue weighted by atomic mass is 35.6. The first-order valence-electron chi connectivity index (χ1n) is 9.61. The molecule has 0 fully saturated rings. The number of carbonyl (C=O) groups excluding carboxylic acids is 1. The Labute approximate surface area is 202 Å². The van der Waals surface area contributed by atoms with Gasteiger partial charge in [0.1, 0.15) is 6.17 Å². The summed E-state index contributed by atoms with van der Waals surface area (Å²) in [5.74, 6) is -0.297. The van der Waals surface area contributed by atoms with E-state index < -0.39 is 9.96 Å². The molecule has 4 nitrogen and oxygen atoms in total. The number of nitrogens with one attached hydrogen (secondary N) is 3. The first-order chi connectivity index (χ1) is 14.6. The van der Waals surface area contributed by atoms with Crippen molar-refractivity contribution in [1.82, 2.24) is 10.6 Å². The van der Waals surface area contributed by atoms with Gasteiger partial charge in [-0.15, -0.1) is 0 Å². The van der Waals surface area contributed by atoms with E-state index in [0.29, 0.717) is 0 Å². The van der Waals surface area contributed by atoms with Crippen LogP contribution in [-0.4, -0.2) is 21.0 Å². The number of hydrogen-bond acceptors (Lipinski definition) is 2. The molecular weight excluding hydrogens is 473 g/mol. The molecule has 0 aromatic heterocycles. The molecule has 1 atom stereocenters. The number of rotatable bonds is 5. The fraction of sp³-hybridized carbons (Fsp3) is 0.217. The maximum Gasteiger partial charge on any atom is 0.228 e. The molecule has 0 aliphatic carbocycles. The summed E-state index contributed by atoms with van der Waals surface area (Å²) < 4.78 is -1.82. The molecule has 8 heteroatoms. The number of benzene rings is 3. The second kappa shape index (κ2) is 10.0. The van der Waals surface area contributed by atoms with Crippen molar-refractivity contribution in [3.8, 4) is 0 Å².